The van der Waals surface area contributed by atoms with Gasteiger partial charge < -0.3 is 15.2 Å². The predicted octanol–water partition coefficient (Wildman–Crippen LogP) is 3.42. The highest BCUT2D eigenvalue weighted by Gasteiger charge is 2.09. The molecule has 1 heterocycles. The molecule has 0 fully saturated rings. The Morgan fingerprint density at radius 2 is 1.96 bits per heavy atom. The van der Waals surface area contributed by atoms with Gasteiger partial charge in [-0.3, -0.25) is 14.6 Å². The zero-order chi connectivity index (χ0) is 18.1. The topological polar surface area (TPSA) is 88.5 Å². The number of pyridine rings is 1. The Morgan fingerprint density at radius 1 is 1.16 bits per heavy atom. The van der Waals surface area contributed by atoms with Crippen LogP contribution in [0, 0.1) is 0 Å². The van der Waals surface area contributed by atoms with Gasteiger partial charge in [0.2, 0.25) is 0 Å². The van der Waals surface area contributed by atoms with Gasteiger partial charge in [-0.2, -0.15) is 0 Å². The third-order valence-corrected chi connectivity index (χ3v) is 4.01. The molecule has 0 saturated heterocycles. The molecular formula is C18H21ClN2O4. The molecule has 0 aliphatic rings. The molecule has 0 bridgehead atoms. The molecule has 0 radical (unpaired) electrons. The minimum absolute atomic E-state index is 0.0910. The lowest BCUT2D eigenvalue weighted by molar-refractivity contribution is -0.137. The van der Waals surface area contributed by atoms with E-state index < -0.39 is 5.97 Å². The van der Waals surface area contributed by atoms with Crippen molar-refractivity contribution >= 4 is 34.4 Å². The number of amides is 1. The summed E-state index contributed by atoms with van der Waals surface area (Å²) in [6.07, 6.45) is 5.07. The molecule has 0 saturated carbocycles. The van der Waals surface area contributed by atoms with Crippen molar-refractivity contribution < 1.29 is 19.4 Å². The van der Waals surface area contributed by atoms with Gasteiger partial charge in [0.25, 0.3) is 5.91 Å². The fourth-order valence-corrected chi connectivity index (χ4v) is 2.62. The van der Waals surface area contributed by atoms with Crippen LogP contribution in [-0.2, 0) is 9.59 Å². The van der Waals surface area contributed by atoms with Crippen molar-refractivity contribution in [3.05, 3.63) is 35.5 Å². The lowest BCUT2D eigenvalue weighted by Gasteiger charge is -2.10. The Morgan fingerprint density at radius 3 is 2.76 bits per heavy atom. The fourth-order valence-electron chi connectivity index (χ4n) is 2.41. The number of fused-ring (bicyclic) bond motifs is 1. The highest BCUT2D eigenvalue weighted by molar-refractivity contribution is 6.35. The van der Waals surface area contributed by atoms with Crippen LogP contribution < -0.4 is 10.1 Å². The van der Waals surface area contributed by atoms with E-state index in [9.17, 15) is 9.59 Å². The van der Waals surface area contributed by atoms with Crippen molar-refractivity contribution in [1.29, 1.82) is 0 Å². The number of carboxylic acids is 1. The lowest BCUT2D eigenvalue weighted by Crippen LogP contribution is -2.29. The number of aromatic nitrogens is 1. The summed E-state index contributed by atoms with van der Waals surface area (Å²) >= 11 is 6.12. The zero-order valence-electron chi connectivity index (χ0n) is 13.8. The van der Waals surface area contributed by atoms with Crippen molar-refractivity contribution in [2.24, 2.45) is 0 Å². The summed E-state index contributed by atoms with van der Waals surface area (Å²) in [6, 6.07) is 7.06. The molecule has 0 aliphatic carbocycles. The first kappa shape index (κ1) is 19.0. The summed E-state index contributed by atoms with van der Waals surface area (Å²) in [4.78, 5) is 26.5. The first-order valence-corrected chi connectivity index (χ1v) is 8.60. The number of carboxylic acid groups (broad SMARTS) is 1. The molecule has 0 atom stereocenters. The van der Waals surface area contributed by atoms with E-state index in [1.807, 2.05) is 6.07 Å². The van der Waals surface area contributed by atoms with Gasteiger partial charge >= 0.3 is 5.97 Å². The number of halogens is 1. The van der Waals surface area contributed by atoms with Crippen LogP contribution in [0.4, 0.5) is 0 Å². The Balaban J connectivity index is 1.70. The van der Waals surface area contributed by atoms with E-state index >= 15 is 0 Å². The number of benzene rings is 1. The molecule has 2 aromatic rings. The van der Waals surface area contributed by atoms with Gasteiger partial charge in [-0.05, 0) is 37.1 Å². The normalized spacial score (nSPS) is 10.6. The summed E-state index contributed by atoms with van der Waals surface area (Å²) in [7, 11) is 0. The first-order valence-electron chi connectivity index (χ1n) is 8.22. The largest absolute Gasteiger partial charge is 0.481 e. The third-order valence-electron chi connectivity index (χ3n) is 3.68. The molecule has 1 aromatic heterocycles. The van der Waals surface area contributed by atoms with Crippen LogP contribution in [0.25, 0.3) is 10.9 Å². The smallest absolute Gasteiger partial charge is 0.303 e. The van der Waals surface area contributed by atoms with Crippen LogP contribution in [-0.4, -0.2) is 35.1 Å². The van der Waals surface area contributed by atoms with Gasteiger partial charge in [-0.1, -0.05) is 24.4 Å². The molecule has 134 valence electrons. The number of ether oxygens (including phenoxy) is 1. The minimum Gasteiger partial charge on any atom is -0.481 e. The Labute approximate surface area is 151 Å². The van der Waals surface area contributed by atoms with E-state index in [1.54, 1.807) is 24.4 Å². The van der Waals surface area contributed by atoms with Crippen molar-refractivity contribution in [2.75, 3.05) is 13.2 Å². The van der Waals surface area contributed by atoms with Crippen LogP contribution >= 0.6 is 11.6 Å². The SMILES string of the molecule is O=C(O)CCCCCCNC(=O)COc1ccc(Cl)c2cccnc12. The maximum atomic E-state index is 11.8. The number of hydrogen-bond donors (Lipinski definition) is 2. The van der Waals surface area contributed by atoms with Crippen LogP contribution in [0.2, 0.25) is 5.02 Å². The summed E-state index contributed by atoms with van der Waals surface area (Å²) in [5, 5.41) is 12.7. The average Bonchev–Trinajstić information content (AvgIpc) is 2.60. The number of carbonyl (C=O) groups excluding carboxylic acids is 1. The van der Waals surface area contributed by atoms with E-state index in [0.717, 1.165) is 24.6 Å². The molecule has 1 aromatic carbocycles. The summed E-state index contributed by atoms with van der Waals surface area (Å²) in [6.45, 7) is 0.460. The number of unbranched alkanes of at least 4 members (excludes halogenated alkanes) is 3. The van der Waals surface area contributed by atoms with Crippen molar-refractivity contribution in [1.82, 2.24) is 10.3 Å². The van der Waals surface area contributed by atoms with Gasteiger partial charge in [0.15, 0.2) is 6.61 Å². The molecule has 25 heavy (non-hydrogen) atoms. The maximum absolute atomic E-state index is 11.8. The number of nitrogens with one attached hydrogen (secondary N) is 1. The molecule has 2 rings (SSSR count). The number of rotatable bonds is 10. The Bertz CT molecular complexity index is 736. The molecule has 0 spiro atoms. The minimum atomic E-state index is -0.769. The second-order valence-corrected chi connectivity index (χ2v) is 6.05. The molecule has 0 aliphatic heterocycles. The second-order valence-electron chi connectivity index (χ2n) is 5.64. The van der Waals surface area contributed by atoms with Crippen molar-refractivity contribution in [2.45, 2.75) is 32.1 Å². The highest BCUT2D eigenvalue weighted by atomic mass is 35.5. The summed E-state index contributed by atoms with van der Waals surface area (Å²) in [5.41, 5.74) is 0.626. The number of nitrogens with zero attached hydrogens (tertiary/aromatic N) is 1. The molecule has 6 nitrogen and oxygen atoms in total. The monoisotopic (exact) mass is 364 g/mol. The number of hydrogen-bond acceptors (Lipinski definition) is 4. The molecule has 2 N–H and O–H groups in total. The van der Waals surface area contributed by atoms with Crippen LogP contribution in [0.1, 0.15) is 32.1 Å². The quantitative estimate of drug-likeness (QED) is 0.630. The molecule has 7 heteroatoms. The van der Waals surface area contributed by atoms with E-state index in [0.29, 0.717) is 29.3 Å². The van der Waals surface area contributed by atoms with E-state index in [4.69, 9.17) is 21.4 Å². The average molecular weight is 365 g/mol. The van der Waals surface area contributed by atoms with Crippen LogP contribution in [0.5, 0.6) is 5.75 Å². The number of carbonyl (C=O) groups is 2. The first-order chi connectivity index (χ1) is 12.1. The Hall–Kier alpha value is -2.34. The zero-order valence-corrected chi connectivity index (χ0v) is 14.6. The van der Waals surface area contributed by atoms with Gasteiger partial charge in [0.1, 0.15) is 11.3 Å². The molecule has 0 unspecified atom stereocenters. The summed E-state index contributed by atoms with van der Waals surface area (Å²) in [5.74, 6) is -0.456. The van der Waals surface area contributed by atoms with Crippen LogP contribution in [0.3, 0.4) is 0 Å². The Kier molecular flexibility index (Phi) is 7.47. The standard InChI is InChI=1S/C18H21ClN2O4/c19-14-8-9-15(18-13(14)6-5-11-21-18)25-12-16(22)20-10-4-2-1-3-7-17(23)24/h5-6,8-9,11H,1-4,7,10,12H2,(H,20,22)(H,23,24). The van der Waals surface area contributed by atoms with E-state index in [-0.39, 0.29) is 18.9 Å². The van der Waals surface area contributed by atoms with Gasteiger partial charge in [0.05, 0.1) is 5.02 Å². The fraction of sp³-hybridized carbons (Fsp3) is 0.389. The number of aliphatic carboxylic acids is 1. The third kappa shape index (κ3) is 6.23. The van der Waals surface area contributed by atoms with Gasteiger partial charge in [0, 0.05) is 24.5 Å². The maximum Gasteiger partial charge on any atom is 0.303 e. The lowest BCUT2D eigenvalue weighted by atomic mass is 10.1. The van der Waals surface area contributed by atoms with E-state index in [1.165, 1.54) is 0 Å². The highest BCUT2D eigenvalue weighted by Crippen LogP contribution is 2.29. The van der Waals surface area contributed by atoms with Crippen LogP contribution in [0.15, 0.2) is 30.5 Å². The van der Waals surface area contributed by atoms with Crippen molar-refractivity contribution in [3.63, 3.8) is 0 Å². The van der Waals surface area contributed by atoms with E-state index in [2.05, 4.69) is 10.3 Å². The molecular weight excluding hydrogens is 344 g/mol. The second kappa shape index (κ2) is 9.84. The predicted molar refractivity (Wildman–Crippen MR) is 96.0 cm³/mol. The summed E-state index contributed by atoms with van der Waals surface area (Å²) < 4.78 is 5.56. The van der Waals surface area contributed by atoms with Gasteiger partial charge in [-0.15, -0.1) is 0 Å². The van der Waals surface area contributed by atoms with Crippen molar-refractivity contribution in [3.8, 4) is 5.75 Å². The van der Waals surface area contributed by atoms with Gasteiger partial charge in [-0.25, -0.2) is 0 Å². The molecule has 1 amide bonds.